The number of hydrogen-bond donors (Lipinski definition) is 0. The molecule has 0 N–H and O–H groups in total. The van der Waals surface area contributed by atoms with E-state index in [0.717, 1.165) is 23.5 Å². The monoisotopic (exact) mass is 389 g/mol. The predicted molar refractivity (Wildman–Crippen MR) is 111 cm³/mol. The molecule has 7 heteroatoms. The highest BCUT2D eigenvalue weighted by atomic mass is 16.2. The summed E-state index contributed by atoms with van der Waals surface area (Å²) in [5.41, 5.74) is 2.91. The Kier molecular flexibility index (Phi) is 5.19. The van der Waals surface area contributed by atoms with Crippen molar-refractivity contribution in [3.8, 4) is 12.0 Å². The highest BCUT2D eigenvalue weighted by Crippen LogP contribution is 2.14. The van der Waals surface area contributed by atoms with E-state index in [4.69, 9.17) is 0 Å². The van der Waals surface area contributed by atoms with Crippen molar-refractivity contribution in [2.45, 2.75) is 26.4 Å². The molecule has 1 aliphatic rings. The molecule has 0 atom stereocenters. The fourth-order valence-corrected chi connectivity index (χ4v) is 3.68. The Morgan fingerprint density at radius 1 is 1.17 bits per heavy atom. The van der Waals surface area contributed by atoms with Crippen molar-refractivity contribution in [1.82, 2.24) is 23.6 Å². The van der Waals surface area contributed by atoms with Crippen molar-refractivity contribution < 1.29 is 0 Å². The largest absolute Gasteiger partial charge is 0.331 e. The van der Waals surface area contributed by atoms with Crippen molar-refractivity contribution in [2.24, 2.45) is 7.05 Å². The molecule has 7 nitrogen and oxygen atoms in total. The molecule has 0 spiro atoms. The number of fused-ring (bicyclic) bond motifs is 1. The fourth-order valence-electron chi connectivity index (χ4n) is 3.68. The lowest BCUT2D eigenvalue weighted by Crippen LogP contribution is -2.47. The lowest BCUT2D eigenvalue weighted by Gasteiger charge is -2.28. The lowest BCUT2D eigenvalue weighted by atomic mass is 10.1. The van der Waals surface area contributed by atoms with E-state index in [1.807, 2.05) is 43.5 Å². The summed E-state index contributed by atoms with van der Waals surface area (Å²) in [4.78, 5) is 32.2. The molecule has 1 aliphatic heterocycles. The molecule has 3 heterocycles. The Hall–Kier alpha value is -3.37. The maximum Gasteiger partial charge on any atom is 0.331 e. The summed E-state index contributed by atoms with van der Waals surface area (Å²) < 4.78 is 4.69. The third-order valence-electron chi connectivity index (χ3n) is 5.23. The predicted octanol–water partition coefficient (Wildman–Crippen LogP) is 0.968. The van der Waals surface area contributed by atoms with E-state index < -0.39 is 0 Å². The van der Waals surface area contributed by atoms with Crippen molar-refractivity contribution in [3.05, 3.63) is 86.2 Å². The average Bonchev–Trinajstić information content (AvgIpc) is 3.15. The minimum absolute atomic E-state index is 0.199. The van der Waals surface area contributed by atoms with Crippen LogP contribution in [0.4, 0.5) is 0 Å². The molecule has 29 heavy (non-hydrogen) atoms. The van der Waals surface area contributed by atoms with E-state index in [2.05, 4.69) is 21.8 Å². The van der Waals surface area contributed by atoms with Crippen LogP contribution in [0, 0.1) is 18.9 Å². The number of nitrogens with zero attached hydrogens (tertiary/aromatic N) is 5. The molecule has 0 saturated heterocycles. The van der Waals surface area contributed by atoms with Gasteiger partial charge in [-0.2, -0.15) is 0 Å². The van der Waals surface area contributed by atoms with Crippen LogP contribution in [0.2, 0.25) is 0 Å². The topological polar surface area (TPSA) is 65.1 Å². The maximum absolute atomic E-state index is 13.1. The second-order valence-electron chi connectivity index (χ2n) is 7.32. The van der Waals surface area contributed by atoms with Gasteiger partial charge in [-0.25, -0.2) is 9.78 Å². The van der Waals surface area contributed by atoms with Crippen molar-refractivity contribution in [1.29, 1.82) is 0 Å². The molecule has 4 rings (SSSR count). The molecule has 0 saturated carbocycles. The summed E-state index contributed by atoms with van der Waals surface area (Å²) in [5.74, 6) is 3.14. The van der Waals surface area contributed by atoms with E-state index in [1.54, 1.807) is 22.5 Å². The second kappa shape index (κ2) is 7.94. The molecule has 3 aromatic rings. The number of aromatic nitrogens is 4. The van der Waals surface area contributed by atoms with Gasteiger partial charge in [0.25, 0.3) is 5.56 Å². The zero-order chi connectivity index (χ0) is 20.4. The summed E-state index contributed by atoms with van der Waals surface area (Å²) >= 11 is 0. The molecule has 0 radical (unpaired) electrons. The first kappa shape index (κ1) is 19.0. The molecule has 0 unspecified atom stereocenters. The molecule has 2 aromatic heterocycles. The van der Waals surface area contributed by atoms with Gasteiger partial charge in [0.2, 0.25) is 0 Å². The van der Waals surface area contributed by atoms with E-state index in [-0.39, 0.29) is 17.8 Å². The molecule has 0 bridgehead atoms. The maximum atomic E-state index is 13.1. The SMILES string of the molecule is Cc1cn(C#CCN2CCc3c(c(=O)n(Cc4ccccc4)c(=O)n3C)C2)cn1. The first-order valence-electron chi connectivity index (χ1n) is 9.60. The third-order valence-corrected chi connectivity index (χ3v) is 5.23. The van der Waals surface area contributed by atoms with Crippen LogP contribution < -0.4 is 11.2 Å². The van der Waals surface area contributed by atoms with Gasteiger partial charge < -0.3 is 4.57 Å². The quantitative estimate of drug-likeness (QED) is 0.626. The minimum atomic E-state index is -0.263. The van der Waals surface area contributed by atoms with Gasteiger partial charge in [0.15, 0.2) is 0 Å². The van der Waals surface area contributed by atoms with E-state index in [9.17, 15) is 9.59 Å². The van der Waals surface area contributed by atoms with Crippen LogP contribution in [0.15, 0.2) is 52.4 Å². The Labute approximate surface area is 168 Å². The second-order valence-corrected chi connectivity index (χ2v) is 7.32. The van der Waals surface area contributed by atoms with Gasteiger partial charge in [0.05, 0.1) is 24.3 Å². The summed E-state index contributed by atoms with van der Waals surface area (Å²) in [6.45, 7) is 4.01. The molecule has 1 aromatic carbocycles. The van der Waals surface area contributed by atoms with Crippen LogP contribution >= 0.6 is 0 Å². The molecule has 0 fully saturated rings. The van der Waals surface area contributed by atoms with Gasteiger partial charge >= 0.3 is 5.69 Å². The Morgan fingerprint density at radius 2 is 1.97 bits per heavy atom. The summed E-state index contributed by atoms with van der Waals surface area (Å²) in [6, 6.07) is 12.6. The minimum Gasteiger partial charge on any atom is -0.300 e. The van der Waals surface area contributed by atoms with Gasteiger partial charge in [-0.1, -0.05) is 36.3 Å². The summed E-state index contributed by atoms with van der Waals surface area (Å²) in [5, 5.41) is 0. The number of hydrogen-bond acceptors (Lipinski definition) is 4. The van der Waals surface area contributed by atoms with Crippen LogP contribution in [0.1, 0.15) is 22.5 Å². The first-order valence-corrected chi connectivity index (χ1v) is 9.60. The smallest absolute Gasteiger partial charge is 0.300 e. The standard InChI is InChI=1S/C22H23N5O2/c1-17-13-26(16-23-17)11-6-10-25-12-9-20-19(15-25)21(28)27(22(29)24(20)2)14-18-7-4-3-5-8-18/h3-5,7-8,13,16H,9-10,12,14-15H2,1-2H3. The van der Waals surface area contributed by atoms with Gasteiger partial charge in [-0.3, -0.25) is 18.8 Å². The zero-order valence-electron chi connectivity index (χ0n) is 16.6. The molecular weight excluding hydrogens is 366 g/mol. The molecule has 0 amide bonds. The van der Waals surface area contributed by atoms with E-state index in [1.165, 1.54) is 4.57 Å². The van der Waals surface area contributed by atoms with Gasteiger partial charge in [0.1, 0.15) is 6.33 Å². The van der Waals surface area contributed by atoms with Crippen molar-refractivity contribution >= 4 is 0 Å². The summed E-state index contributed by atoms with van der Waals surface area (Å²) in [7, 11) is 1.75. The Bertz CT molecular complexity index is 1210. The van der Waals surface area contributed by atoms with Gasteiger partial charge in [-0.05, 0) is 12.5 Å². The van der Waals surface area contributed by atoms with Gasteiger partial charge in [-0.15, -0.1) is 0 Å². The molecule has 0 aliphatic carbocycles. The normalized spacial score (nSPS) is 13.6. The molecule has 148 valence electrons. The fraction of sp³-hybridized carbons (Fsp3) is 0.318. The van der Waals surface area contributed by atoms with Gasteiger partial charge in [0, 0.05) is 44.5 Å². The third kappa shape index (κ3) is 3.93. The average molecular weight is 389 g/mol. The number of aryl methyl sites for hydroxylation is 1. The number of rotatable bonds is 3. The lowest BCUT2D eigenvalue weighted by molar-refractivity contribution is 0.275. The number of imidazole rings is 1. The van der Waals surface area contributed by atoms with Crippen molar-refractivity contribution in [3.63, 3.8) is 0 Å². The summed E-state index contributed by atoms with van der Waals surface area (Å²) in [6.07, 6.45) is 4.22. The highest BCUT2D eigenvalue weighted by Gasteiger charge is 2.23. The van der Waals surface area contributed by atoms with Crippen LogP contribution in [0.25, 0.3) is 0 Å². The first-order chi connectivity index (χ1) is 14.0. The van der Waals surface area contributed by atoms with Crippen LogP contribution in [0.5, 0.6) is 0 Å². The molecular formula is C22H23N5O2. The number of benzene rings is 1. The van der Waals surface area contributed by atoms with Crippen LogP contribution in [-0.2, 0) is 26.6 Å². The zero-order valence-corrected chi connectivity index (χ0v) is 16.6. The van der Waals surface area contributed by atoms with E-state index >= 15 is 0 Å². The van der Waals surface area contributed by atoms with E-state index in [0.29, 0.717) is 25.1 Å². The van der Waals surface area contributed by atoms with Crippen LogP contribution in [0.3, 0.4) is 0 Å². The van der Waals surface area contributed by atoms with Crippen molar-refractivity contribution in [2.75, 3.05) is 13.1 Å². The van der Waals surface area contributed by atoms with Crippen LogP contribution in [-0.4, -0.2) is 36.7 Å². The highest BCUT2D eigenvalue weighted by molar-refractivity contribution is 5.23. The Morgan fingerprint density at radius 3 is 2.69 bits per heavy atom. The Balaban J connectivity index is 1.59.